The van der Waals surface area contributed by atoms with Gasteiger partial charge in [0.15, 0.2) is 6.29 Å². The van der Waals surface area contributed by atoms with E-state index in [0.717, 1.165) is 37.6 Å². The lowest BCUT2D eigenvalue weighted by Gasteiger charge is -2.39. The number of carbonyl (C=O) groups excluding carboxylic acids is 2. The van der Waals surface area contributed by atoms with Crippen molar-refractivity contribution < 1.29 is 19.1 Å². The van der Waals surface area contributed by atoms with Crippen LogP contribution in [0.15, 0.2) is 24.3 Å². The Morgan fingerprint density at radius 2 is 1.69 bits per heavy atom. The second-order valence-corrected chi connectivity index (χ2v) is 7.63. The summed E-state index contributed by atoms with van der Waals surface area (Å²) in [7, 11) is 0. The Morgan fingerprint density at radius 3 is 2.38 bits per heavy atom. The summed E-state index contributed by atoms with van der Waals surface area (Å²) in [5.74, 6) is 0. The lowest BCUT2D eigenvalue weighted by molar-refractivity contribution is 0.0492. The Labute approximate surface area is 170 Å². The van der Waals surface area contributed by atoms with E-state index < -0.39 is 6.29 Å². The highest BCUT2D eigenvalue weighted by molar-refractivity contribution is 5.96. The number of imide groups is 1. The first-order valence-electron chi connectivity index (χ1n) is 10.3. The molecule has 0 unspecified atom stereocenters. The molecule has 1 aromatic rings. The molecule has 0 aromatic heterocycles. The molecule has 3 aliphatic heterocycles. The molecule has 9 heteroatoms. The predicted octanol–water partition coefficient (Wildman–Crippen LogP) is 1.37. The summed E-state index contributed by atoms with van der Waals surface area (Å²) >= 11 is 0. The van der Waals surface area contributed by atoms with Crippen molar-refractivity contribution in [3.63, 3.8) is 0 Å². The average Bonchev–Trinajstić information content (AvgIpc) is 2.75. The third-order valence-corrected chi connectivity index (χ3v) is 5.69. The van der Waals surface area contributed by atoms with Gasteiger partial charge in [-0.05, 0) is 37.5 Å². The minimum Gasteiger partial charge on any atom is -0.381 e. The van der Waals surface area contributed by atoms with E-state index in [9.17, 15) is 9.59 Å². The second kappa shape index (κ2) is 8.98. The Kier molecular flexibility index (Phi) is 6.17. The molecule has 3 aliphatic rings. The fourth-order valence-electron chi connectivity index (χ4n) is 4.03. The summed E-state index contributed by atoms with van der Waals surface area (Å²) in [6.07, 6.45) is 0.723. The van der Waals surface area contributed by atoms with Crippen LogP contribution in [0, 0.1) is 0 Å². The number of nitrogens with one attached hydrogen (secondary N) is 3. The molecule has 0 radical (unpaired) electrons. The molecule has 158 valence electrons. The number of benzene rings is 1. The van der Waals surface area contributed by atoms with Crippen molar-refractivity contribution in [3.05, 3.63) is 29.8 Å². The van der Waals surface area contributed by atoms with Gasteiger partial charge in [-0.15, -0.1) is 0 Å². The standard InChI is InChI=1S/C20H29N5O4/c1-14(15-3-2-4-17(13-15)24-7-11-29-12-8-24)21-18-22-19(26)25(20(27)23-18)16-5-9-28-10-6-16/h2-4,13-14,16,18,21H,5-12H2,1H3,(H,22,26)(H,23,27)/t14-/m0/s1. The van der Waals surface area contributed by atoms with Crippen LogP contribution >= 0.6 is 0 Å². The third-order valence-electron chi connectivity index (χ3n) is 5.69. The van der Waals surface area contributed by atoms with E-state index in [1.165, 1.54) is 4.90 Å². The first-order chi connectivity index (χ1) is 14.1. The maximum absolute atomic E-state index is 12.5. The summed E-state index contributed by atoms with van der Waals surface area (Å²) in [5, 5.41) is 8.99. The van der Waals surface area contributed by atoms with Crippen molar-refractivity contribution in [2.24, 2.45) is 0 Å². The Balaban J connectivity index is 1.37. The minimum absolute atomic E-state index is 0.0591. The van der Waals surface area contributed by atoms with Crippen LogP contribution in [0.5, 0.6) is 0 Å². The lowest BCUT2D eigenvalue weighted by atomic mass is 10.1. The SMILES string of the molecule is C[C@H](NC1NC(=O)N(C2CCOCC2)C(=O)N1)c1cccc(N2CCOCC2)c1. The molecule has 0 bridgehead atoms. The third kappa shape index (κ3) is 4.63. The molecule has 1 aromatic carbocycles. The number of urea groups is 2. The molecule has 3 N–H and O–H groups in total. The molecule has 0 spiro atoms. The zero-order valence-corrected chi connectivity index (χ0v) is 16.7. The first-order valence-corrected chi connectivity index (χ1v) is 10.3. The van der Waals surface area contributed by atoms with Crippen LogP contribution in [-0.2, 0) is 9.47 Å². The van der Waals surface area contributed by atoms with Gasteiger partial charge >= 0.3 is 12.1 Å². The molecular formula is C20H29N5O4. The van der Waals surface area contributed by atoms with Gasteiger partial charge < -0.3 is 25.0 Å². The van der Waals surface area contributed by atoms with Crippen molar-refractivity contribution in [1.29, 1.82) is 0 Å². The molecule has 1 atom stereocenters. The smallest absolute Gasteiger partial charge is 0.328 e. The molecule has 29 heavy (non-hydrogen) atoms. The zero-order valence-electron chi connectivity index (χ0n) is 16.7. The molecular weight excluding hydrogens is 374 g/mol. The number of rotatable bonds is 5. The molecule has 0 aliphatic carbocycles. The maximum atomic E-state index is 12.5. The van der Waals surface area contributed by atoms with E-state index in [1.807, 2.05) is 19.1 Å². The van der Waals surface area contributed by atoms with Gasteiger partial charge in [0.1, 0.15) is 0 Å². The van der Waals surface area contributed by atoms with Crippen molar-refractivity contribution >= 4 is 17.7 Å². The monoisotopic (exact) mass is 403 g/mol. The fourth-order valence-corrected chi connectivity index (χ4v) is 4.03. The van der Waals surface area contributed by atoms with E-state index >= 15 is 0 Å². The summed E-state index contributed by atoms with van der Waals surface area (Å²) < 4.78 is 10.8. The van der Waals surface area contributed by atoms with E-state index in [-0.39, 0.29) is 24.1 Å². The van der Waals surface area contributed by atoms with Crippen LogP contribution in [0.1, 0.15) is 31.4 Å². The van der Waals surface area contributed by atoms with Crippen LogP contribution < -0.4 is 20.9 Å². The number of ether oxygens (including phenoxy) is 2. The van der Waals surface area contributed by atoms with Crippen molar-refractivity contribution in [2.45, 2.75) is 38.1 Å². The molecule has 3 fully saturated rings. The maximum Gasteiger partial charge on any atom is 0.328 e. The first kappa shape index (κ1) is 19.9. The van der Waals surface area contributed by atoms with Gasteiger partial charge in [0, 0.05) is 44.1 Å². The van der Waals surface area contributed by atoms with Crippen molar-refractivity contribution in [2.75, 3.05) is 44.4 Å². The Bertz CT molecular complexity index is 715. The minimum atomic E-state index is -0.617. The van der Waals surface area contributed by atoms with E-state index in [2.05, 4.69) is 33.0 Å². The van der Waals surface area contributed by atoms with Gasteiger partial charge in [0.2, 0.25) is 0 Å². The van der Waals surface area contributed by atoms with Crippen LogP contribution in [0.2, 0.25) is 0 Å². The van der Waals surface area contributed by atoms with Gasteiger partial charge in [-0.1, -0.05) is 12.1 Å². The number of amides is 4. The molecule has 4 amide bonds. The topological polar surface area (TPSA) is 95.2 Å². The number of hydrogen-bond donors (Lipinski definition) is 3. The van der Waals surface area contributed by atoms with Gasteiger partial charge in [0.25, 0.3) is 0 Å². The van der Waals surface area contributed by atoms with Crippen LogP contribution in [0.4, 0.5) is 15.3 Å². The normalized spacial score (nSPS) is 22.9. The number of carbonyl (C=O) groups is 2. The molecule has 3 saturated heterocycles. The van der Waals surface area contributed by atoms with Crippen LogP contribution in [-0.4, -0.2) is 68.8 Å². The number of anilines is 1. The Morgan fingerprint density at radius 1 is 1.03 bits per heavy atom. The van der Waals surface area contributed by atoms with E-state index in [1.54, 1.807) is 0 Å². The van der Waals surface area contributed by atoms with Crippen LogP contribution in [0.25, 0.3) is 0 Å². The van der Waals surface area contributed by atoms with Gasteiger partial charge in [0.05, 0.1) is 13.2 Å². The van der Waals surface area contributed by atoms with E-state index in [0.29, 0.717) is 26.1 Å². The highest BCUT2D eigenvalue weighted by Crippen LogP contribution is 2.22. The summed E-state index contributed by atoms with van der Waals surface area (Å²) in [5.41, 5.74) is 2.24. The summed E-state index contributed by atoms with van der Waals surface area (Å²) in [6.45, 7) is 6.38. The van der Waals surface area contributed by atoms with Crippen molar-refractivity contribution in [1.82, 2.24) is 20.9 Å². The second-order valence-electron chi connectivity index (χ2n) is 7.63. The van der Waals surface area contributed by atoms with Crippen molar-refractivity contribution in [3.8, 4) is 0 Å². The number of morpholine rings is 1. The zero-order chi connectivity index (χ0) is 20.2. The highest BCUT2D eigenvalue weighted by Gasteiger charge is 2.37. The average molecular weight is 403 g/mol. The molecule has 4 rings (SSSR count). The summed E-state index contributed by atoms with van der Waals surface area (Å²) in [4.78, 5) is 28.7. The Hall–Kier alpha value is -2.36. The van der Waals surface area contributed by atoms with Gasteiger partial charge in [-0.3, -0.25) is 5.32 Å². The fraction of sp³-hybridized carbons (Fsp3) is 0.600. The predicted molar refractivity (Wildman–Crippen MR) is 108 cm³/mol. The molecule has 3 heterocycles. The molecule has 9 nitrogen and oxygen atoms in total. The lowest BCUT2D eigenvalue weighted by Crippen LogP contribution is -2.70. The highest BCUT2D eigenvalue weighted by atomic mass is 16.5. The van der Waals surface area contributed by atoms with Crippen LogP contribution in [0.3, 0.4) is 0 Å². The van der Waals surface area contributed by atoms with Gasteiger partial charge in [-0.25, -0.2) is 14.5 Å². The van der Waals surface area contributed by atoms with Gasteiger partial charge in [-0.2, -0.15) is 0 Å². The number of nitrogens with zero attached hydrogens (tertiary/aromatic N) is 2. The summed E-state index contributed by atoms with van der Waals surface area (Å²) in [6, 6.07) is 7.40. The quantitative estimate of drug-likeness (QED) is 0.687. The molecule has 0 saturated carbocycles. The largest absolute Gasteiger partial charge is 0.381 e. The van der Waals surface area contributed by atoms with E-state index in [4.69, 9.17) is 9.47 Å². The number of hydrogen-bond acceptors (Lipinski definition) is 6.